The number of aromatic amines is 1. The second-order valence-corrected chi connectivity index (χ2v) is 6.11. The third-order valence-corrected chi connectivity index (χ3v) is 3.45. The van der Waals surface area contributed by atoms with Crippen LogP contribution in [-0.2, 0) is 5.41 Å². The highest BCUT2D eigenvalue weighted by atomic mass is 16.3. The fourth-order valence-electron chi connectivity index (χ4n) is 2.21. The standard InChI is InChI=1S/C16H17N3O2/c1-16(2,3)13-8-14(21)19-9-11(17-15(19)18-13)10-6-4-5-7-12(10)20/h4-9,20H,1-3H3,(H,17,18). The number of imidazole rings is 1. The van der Waals surface area contributed by atoms with Gasteiger partial charge in [-0.2, -0.15) is 0 Å². The molecule has 0 saturated heterocycles. The molecule has 0 radical (unpaired) electrons. The average Bonchev–Trinajstić information content (AvgIpc) is 2.82. The minimum Gasteiger partial charge on any atom is -0.507 e. The molecular formula is C16H17N3O2. The maximum absolute atomic E-state index is 12.2. The van der Waals surface area contributed by atoms with Crippen LogP contribution >= 0.6 is 0 Å². The summed E-state index contributed by atoms with van der Waals surface area (Å²) in [6.45, 7) is 6.09. The van der Waals surface area contributed by atoms with Crippen LogP contribution in [-0.4, -0.2) is 19.5 Å². The molecule has 0 spiro atoms. The van der Waals surface area contributed by atoms with Crippen LogP contribution in [0.3, 0.4) is 0 Å². The van der Waals surface area contributed by atoms with E-state index in [0.29, 0.717) is 17.0 Å². The Morgan fingerprint density at radius 3 is 2.62 bits per heavy atom. The molecule has 0 unspecified atom stereocenters. The Balaban J connectivity index is 2.24. The van der Waals surface area contributed by atoms with Crippen molar-refractivity contribution in [1.29, 1.82) is 0 Å². The minimum atomic E-state index is -0.165. The Morgan fingerprint density at radius 2 is 1.95 bits per heavy atom. The van der Waals surface area contributed by atoms with Gasteiger partial charge in [-0.1, -0.05) is 32.9 Å². The van der Waals surface area contributed by atoms with Crippen molar-refractivity contribution in [2.24, 2.45) is 0 Å². The van der Waals surface area contributed by atoms with Crippen LogP contribution in [0.2, 0.25) is 0 Å². The summed E-state index contributed by atoms with van der Waals surface area (Å²) in [5.74, 6) is 0.620. The van der Waals surface area contributed by atoms with Crippen LogP contribution in [0.4, 0.5) is 0 Å². The first-order valence-corrected chi connectivity index (χ1v) is 6.77. The van der Waals surface area contributed by atoms with Gasteiger partial charge in [-0.05, 0) is 12.1 Å². The van der Waals surface area contributed by atoms with Crippen LogP contribution in [0.15, 0.2) is 41.3 Å². The molecule has 108 valence electrons. The molecule has 3 aromatic rings. The molecule has 0 bridgehead atoms. The van der Waals surface area contributed by atoms with Gasteiger partial charge in [0.1, 0.15) is 5.75 Å². The molecule has 5 nitrogen and oxygen atoms in total. The molecule has 2 N–H and O–H groups in total. The lowest BCUT2D eigenvalue weighted by molar-refractivity contribution is 0.477. The second-order valence-electron chi connectivity index (χ2n) is 6.11. The Bertz CT molecular complexity index is 869. The summed E-state index contributed by atoms with van der Waals surface area (Å²) in [7, 11) is 0. The minimum absolute atomic E-state index is 0.136. The third kappa shape index (κ3) is 2.31. The number of phenols is 1. The summed E-state index contributed by atoms with van der Waals surface area (Å²) in [6.07, 6.45) is 1.63. The number of aromatic nitrogens is 3. The summed E-state index contributed by atoms with van der Waals surface area (Å²) < 4.78 is 1.46. The molecule has 1 aromatic carbocycles. The molecule has 0 aliphatic carbocycles. The Hall–Kier alpha value is -2.56. The van der Waals surface area contributed by atoms with Crippen molar-refractivity contribution in [3.05, 3.63) is 52.6 Å². The lowest BCUT2D eigenvalue weighted by Gasteiger charge is -2.18. The van der Waals surface area contributed by atoms with Gasteiger partial charge in [0.05, 0.1) is 5.69 Å². The van der Waals surface area contributed by atoms with Gasteiger partial charge in [-0.25, -0.2) is 4.98 Å². The van der Waals surface area contributed by atoms with E-state index in [2.05, 4.69) is 9.97 Å². The van der Waals surface area contributed by atoms with Crippen LogP contribution in [0.1, 0.15) is 26.5 Å². The summed E-state index contributed by atoms with van der Waals surface area (Å²) in [4.78, 5) is 19.8. The molecule has 0 aliphatic heterocycles. The fraction of sp³-hybridized carbons (Fsp3) is 0.250. The quantitative estimate of drug-likeness (QED) is 0.721. The molecule has 0 saturated carbocycles. The number of benzene rings is 1. The molecule has 3 rings (SSSR count). The van der Waals surface area contributed by atoms with Crippen LogP contribution < -0.4 is 5.56 Å². The Kier molecular flexibility index (Phi) is 2.86. The largest absolute Gasteiger partial charge is 0.507 e. The number of hydrogen-bond acceptors (Lipinski definition) is 3. The van der Waals surface area contributed by atoms with Crippen molar-refractivity contribution in [2.45, 2.75) is 26.2 Å². The fourth-order valence-corrected chi connectivity index (χ4v) is 2.21. The van der Waals surface area contributed by atoms with Gasteiger partial charge in [0, 0.05) is 28.9 Å². The predicted octanol–water partition coefficient (Wildman–Crippen LogP) is 2.69. The highest BCUT2D eigenvalue weighted by molar-refractivity contribution is 5.67. The summed E-state index contributed by atoms with van der Waals surface area (Å²) in [5, 5.41) is 9.90. The van der Waals surface area contributed by atoms with E-state index in [1.807, 2.05) is 26.8 Å². The van der Waals surface area contributed by atoms with Crippen molar-refractivity contribution in [2.75, 3.05) is 0 Å². The first kappa shape index (κ1) is 13.4. The summed E-state index contributed by atoms with van der Waals surface area (Å²) in [6, 6.07) is 8.52. The molecule has 2 heterocycles. The van der Waals surface area contributed by atoms with Crippen LogP contribution in [0.5, 0.6) is 5.75 Å². The van der Waals surface area contributed by atoms with Gasteiger partial charge in [-0.15, -0.1) is 0 Å². The van der Waals surface area contributed by atoms with Gasteiger partial charge in [-0.3, -0.25) is 9.20 Å². The van der Waals surface area contributed by atoms with E-state index in [0.717, 1.165) is 5.69 Å². The summed E-state index contributed by atoms with van der Waals surface area (Å²) in [5.41, 5.74) is 1.69. The number of rotatable bonds is 1. The molecule has 21 heavy (non-hydrogen) atoms. The van der Waals surface area contributed by atoms with Gasteiger partial charge >= 0.3 is 0 Å². The normalized spacial score (nSPS) is 12.0. The van der Waals surface area contributed by atoms with Gasteiger partial charge < -0.3 is 10.1 Å². The SMILES string of the molecule is CC(C)(C)c1cc(=O)n2cc(-c3ccccc3O)nc2[nH]1. The summed E-state index contributed by atoms with van der Waals surface area (Å²) >= 11 is 0. The van der Waals surface area contributed by atoms with Crippen molar-refractivity contribution >= 4 is 5.78 Å². The maximum Gasteiger partial charge on any atom is 0.259 e. The Morgan fingerprint density at radius 1 is 1.24 bits per heavy atom. The highest BCUT2D eigenvalue weighted by Crippen LogP contribution is 2.27. The number of nitrogens with one attached hydrogen (secondary N) is 1. The average molecular weight is 283 g/mol. The van der Waals surface area contributed by atoms with Gasteiger partial charge in [0.25, 0.3) is 5.56 Å². The number of para-hydroxylation sites is 1. The molecule has 0 fully saturated rings. The van der Waals surface area contributed by atoms with E-state index < -0.39 is 0 Å². The van der Waals surface area contributed by atoms with E-state index in [9.17, 15) is 9.90 Å². The lowest BCUT2D eigenvalue weighted by Crippen LogP contribution is -2.21. The zero-order chi connectivity index (χ0) is 15.2. The van der Waals surface area contributed by atoms with Crippen molar-refractivity contribution in [3.63, 3.8) is 0 Å². The van der Waals surface area contributed by atoms with Crippen LogP contribution in [0.25, 0.3) is 17.0 Å². The number of phenolic OH excluding ortho intramolecular Hbond substituents is 1. The van der Waals surface area contributed by atoms with E-state index in [-0.39, 0.29) is 16.7 Å². The first-order valence-electron chi connectivity index (χ1n) is 6.77. The highest BCUT2D eigenvalue weighted by Gasteiger charge is 2.18. The van der Waals surface area contributed by atoms with E-state index in [4.69, 9.17) is 0 Å². The number of hydrogen-bond donors (Lipinski definition) is 2. The van der Waals surface area contributed by atoms with Gasteiger partial charge in [0.2, 0.25) is 5.78 Å². The predicted molar refractivity (Wildman–Crippen MR) is 81.6 cm³/mol. The monoisotopic (exact) mass is 283 g/mol. The van der Waals surface area contributed by atoms with E-state index >= 15 is 0 Å². The van der Waals surface area contributed by atoms with Crippen molar-refractivity contribution in [3.8, 4) is 17.0 Å². The van der Waals surface area contributed by atoms with Crippen LogP contribution in [0, 0.1) is 0 Å². The Labute approximate surface area is 121 Å². The van der Waals surface area contributed by atoms with E-state index in [1.165, 1.54) is 4.40 Å². The lowest BCUT2D eigenvalue weighted by atomic mass is 9.92. The number of fused-ring (bicyclic) bond motifs is 1. The molecular weight excluding hydrogens is 266 g/mol. The smallest absolute Gasteiger partial charge is 0.259 e. The van der Waals surface area contributed by atoms with Crippen molar-refractivity contribution < 1.29 is 5.11 Å². The third-order valence-electron chi connectivity index (χ3n) is 3.45. The van der Waals surface area contributed by atoms with Crippen molar-refractivity contribution in [1.82, 2.24) is 14.4 Å². The zero-order valence-electron chi connectivity index (χ0n) is 12.2. The second kappa shape index (κ2) is 4.48. The first-order chi connectivity index (χ1) is 9.86. The van der Waals surface area contributed by atoms with Gasteiger partial charge in [0.15, 0.2) is 0 Å². The number of H-pyrrole nitrogens is 1. The topological polar surface area (TPSA) is 70.4 Å². The zero-order valence-corrected chi connectivity index (χ0v) is 12.2. The molecule has 2 aromatic heterocycles. The number of nitrogens with zero attached hydrogens (tertiary/aromatic N) is 2. The molecule has 0 atom stereocenters. The number of aromatic hydroxyl groups is 1. The maximum atomic E-state index is 12.2. The molecule has 5 heteroatoms. The van der Waals surface area contributed by atoms with E-state index in [1.54, 1.807) is 30.5 Å². The molecule has 0 amide bonds. The molecule has 0 aliphatic rings.